The number of alkyl halides is 3. The fourth-order valence-corrected chi connectivity index (χ4v) is 5.09. The average molecular weight is 474 g/mol. The van der Waals surface area contributed by atoms with E-state index in [0.717, 1.165) is 6.07 Å². The first kappa shape index (κ1) is 23.6. The molecule has 0 radical (unpaired) electrons. The van der Waals surface area contributed by atoms with Crippen LogP contribution in [0.3, 0.4) is 0 Å². The van der Waals surface area contributed by atoms with Gasteiger partial charge < -0.3 is 15.5 Å². The van der Waals surface area contributed by atoms with E-state index in [-0.39, 0.29) is 30.8 Å². The molecule has 180 valence electrons. The summed E-state index contributed by atoms with van der Waals surface area (Å²) in [5, 5.41) is 13.1. The van der Waals surface area contributed by atoms with E-state index in [1.165, 1.54) is 16.8 Å². The van der Waals surface area contributed by atoms with Gasteiger partial charge in [-0.1, -0.05) is 0 Å². The van der Waals surface area contributed by atoms with Crippen LogP contribution in [0.2, 0.25) is 0 Å². The van der Waals surface area contributed by atoms with Gasteiger partial charge in [0, 0.05) is 44.3 Å². The largest absolute Gasteiger partial charge is 0.417 e. The van der Waals surface area contributed by atoms with Crippen molar-refractivity contribution in [3.05, 3.63) is 47.8 Å². The molecule has 0 bridgehead atoms. The quantitative estimate of drug-likeness (QED) is 0.715. The minimum absolute atomic E-state index is 0.0872. The molecule has 8 nitrogen and oxygen atoms in total. The Kier molecular flexibility index (Phi) is 6.50. The first-order valence-electron chi connectivity index (χ1n) is 11.1. The molecule has 2 aromatic rings. The standard InChI is InChI=1S/C23H25F3N6O2/c24-23(25,26)20-10-17(3-2-16(20)11-27)30-8-4-15(5-9-30)18-12-31(13-19(18)22(28)34)21(33)14-32-7-1-6-29-32/h1-3,6-7,10,15,18-19H,4-5,8-9,12-14H2,(H2,28,34)/t18-,19+/m0/s1. The Labute approximate surface area is 194 Å². The number of carbonyl (C=O) groups is 2. The molecule has 34 heavy (non-hydrogen) atoms. The van der Waals surface area contributed by atoms with Gasteiger partial charge in [-0.15, -0.1) is 0 Å². The second-order valence-corrected chi connectivity index (χ2v) is 8.84. The summed E-state index contributed by atoms with van der Waals surface area (Å²) in [7, 11) is 0. The summed E-state index contributed by atoms with van der Waals surface area (Å²) in [6.07, 6.45) is 0.00374. The first-order valence-corrected chi connectivity index (χ1v) is 11.1. The average Bonchev–Trinajstić information content (AvgIpc) is 3.48. The number of aromatic nitrogens is 2. The van der Waals surface area contributed by atoms with Crippen LogP contribution < -0.4 is 10.6 Å². The summed E-state index contributed by atoms with van der Waals surface area (Å²) < 4.78 is 41.5. The first-order chi connectivity index (χ1) is 16.2. The van der Waals surface area contributed by atoms with E-state index in [0.29, 0.717) is 38.2 Å². The van der Waals surface area contributed by atoms with Crippen molar-refractivity contribution >= 4 is 17.5 Å². The number of carbonyl (C=O) groups excluding carboxylic acids is 2. The van der Waals surface area contributed by atoms with Crippen molar-refractivity contribution in [3.8, 4) is 6.07 Å². The minimum atomic E-state index is -4.61. The van der Waals surface area contributed by atoms with Gasteiger partial charge in [0.05, 0.1) is 23.1 Å². The van der Waals surface area contributed by atoms with Crippen molar-refractivity contribution in [2.24, 2.45) is 23.5 Å². The van der Waals surface area contributed by atoms with Crippen LogP contribution in [-0.2, 0) is 22.3 Å². The van der Waals surface area contributed by atoms with Crippen LogP contribution in [0.4, 0.5) is 18.9 Å². The van der Waals surface area contributed by atoms with Crippen molar-refractivity contribution in [2.75, 3.05) is 31.1 Å². The summed E-state index contributed by atoms with van der Waals surface area (Å²) in [6.45, 7) is 1.80. The Balaban J connectivity index is 1.42. The highest BCUT2D eigenvalue weighted by atomic mass is 19.4. The molecule has 0 unspecified atom stereocenters. The zero-order chi connectivity index (χ0) is 24.5. The number of hydrogen-bond donors (Lipinski definition) is 1. The van der Waals surface area contributed by atoms with Crippen LogP contribution in [0, 0.1) is 29.1 Å². The Morgan fingerprint density at radius 2 is 1.94 bits per heavy atom. The molecule has 2 N–H and O–H groups in total. The highest BCUT2D eigenvalue weighted by molar-refractivity contribution is 5.81. The number of rotatable bonds is 5. The topological polar surface area (TPSA) is 108 Å². The van der Waals surface area contributed by atoms with Crippen molar-refractivity contribution in [1.82, 2.24) is 14.7 Å². The SMILES string of the molecule is N#Cc1ccc(N2CCC([C@@H]3CN(C(=O)Cn4cccn4)C[C@H]3C(N)=O)CC2)cc1C(F)(F)F. The molecule has 2 aliphatic rings. The number of anilines is 1. The summed E-state index contributed by atoms with van der Waals surface area (Å²) in [5.41, 5.74) is 4.73. The van der Waals surface area contributed by atoms with E-state index in [1.807, 2.05) is 4.90 Å². The molecule has 3 heterocycles. The molecule has 1 aromatic heterocycles. The number of hydrogen-bond acceptors (Lipinski definition) is 5. The molecule has 2 aliphatic heterocycles. The molecular formula is C23H25F3N6O2. The van der Waals surface area contributed by atoms with Gasteiger partial charge in [-0.3, -0.25) is 14.3 Å². The van der Waals surface area contributed by atoms with Crippen LogP contribution in [-0.4, -0.2) is 52.7 Å². The Hall–Kier alpha value is -3.55. The highest BCUT2D eigenvalue weighted by Crippen LogP contribution is 2.38. The molecule has 2 fully saturated rings. The van der Waals surface area contributed by atoms with Gasteiger partial charge in [-0.05, 0) is 48.9 Å². The zero-order valence-electron chi connectivity index (χ0n) is 18.4. The monoisotopic (exact) mass is 474 g/mol. The maximum Gasteiger partial charge on any atom is 0.417 e. The van der Waals surface area contributed by atoms with Gasteiger partial charge in [0.15, 0.2) is 0 Å². The molecule has 11 heteroatoms. The molecule has 4 rings (SSSR count). The number of halogens is 3. The Morgan fingerprint density at radius 1 is 1.21 bits per heavy atom. The molecular weight excluding hydrogens is 449 g/mol. The summed E-state index contributed by atoms with van der Waals surface area (Å²) in [4.78, 5) is 28.4. The van der Waals surface area contributed by atoms with E-state index in [2.05, 4.69) is 5.10 Å². The number of amides is 2. The normalized spacial score (nSPS) is 21.5. The lowest BCUT2D eigenvalue weighted by molar-refractivity contribution is -0.137. The second-order valence-electron chi connectivity index (χ2n) is 8.84. The predicted octanol–water partition coefficient (Wildman–Crippen LogP) is 2.25. The van der Waals surface area contributed by atoms with Gasteiger partial charge in [0.25, 0.3) is 0 Å². The number of piperidine rings is 1. The van der Waals surface area contributed by atoms with E-state index < -0.39 is 29.1 Å². The lowest BCUT2D eigenvalue weighted by Gasteiger charge is -2.37. The van der Waals surface area contributed by atoms with Gasteiger partial charge in [0.2, 0.25) is 11.8 Å². The number of nitrogens with two attached hydrogens (primary N) is 1. The van der Waals surface area contributed by atoms with Crippen LogP contribution in [0.1, 0.15) is 24.0 Å². The lowest BCUT2D eigenvalue weighted by Crippen LogP contribution is -2.40. The summed E-state index contributed by atoms with van der Waals surface area (Å²) in [5.74, 6) is -0.995. The van der Waals surface area contributed by atoms with Crippen molar-refractivity contribution in [1.29, 1.82) is 5.26 Å². The summed E-state index contributed by atoms with van der Waals surface area (Å²) in [6, 6.07) is 7.09. The van der Waals surface area contributed by atoms with Gasteiger partial charge >= 0.3 is 6.18 Å². The maximum atomic E-state index is 13.3. The smallest absolute Gasteiger partial charge is 0.372 e. The molecule has 0 saturated carbocycles. The fourth-order valence-electron chi connectivity index (χ4n) is 5.09. The van der Waals surface area contributed by atoms with E-state index in [9.17, 15) is 22.8 Å². The van der Waals surface area contributed by atoms with Crippen LogP contribution >= 0.6 is 0 Å². The Bertz CT molecular complexity index is 1090. The number of primary amides is 1. The van der Waals surface area contributed by atoms with Gasteiger partial charge in [-0.25, -0.2) is 0 Å². The molecule has 2 amide bonds. The molecule has 0 aliphatic carbocycles. The highest BCUT2D eigenvalue weighted by Gasteiger charge is 2.43. The van der Waals surface area contributed by atoms with Crippen molar-refractivity contribution in [3.63, 3.8) is 0 Å². The Morgan fingerprint density at radius 3 is 2.53 bits per heavy atom. The predicted molar refractivity (Wildman–Crippen MR) is 116 cm³/mol. The van der Waals surface area contributed by atoms with Gasteiger partial charge in [-0.2, -0.15) is 23.5 Å². The third kappa shape index (κ3) is 4.85. The van der Waals surface area contributed by atoms with Crippen molar-refractivity contribution < 1.29 is 22.8 Å². The van der Waals surface area contributed by atoms with E-state index in [1.54, 1.807) is 29.4 Å². The summed E-state index contributed by atoms with van der Waals surface area (Å²) >= 11 is 0. The molecule has 2 saturated heterocycles. The zero-order valence-corrected chi connectivity index (χ0v) is 18.4. The number of likely N-dealkylation sites (tertiary alicyclic amines) is 1. The molecule has 1 aromatic carbocycles. The number of benzene rings is 1. The second kappa shape index (κ2) is 9.37. The van der Waals surface area contributed by atoms with E-state index >= 15 is 0 Å². The fraction of sp³-hybridized carbons (Fsp3) is 0.478. The number of nitrogens with zero attached hydrogens (tertiary/aromatic N) is 5. The molecule has 0 spiro atoms. The minimum Gasteiger partial charge on any atom is -0.372 e. The van der Waals surface area contributed by atoms with E-state index in [4.69, 9.17) is 11.0 Å². The third-order valence-corrected chi connectivity index (χ3v) is 6.88. The van der Waals surface area contributed by atoms with Crippen LogP contribution in [0.25, 0.3) is 0 Å². The van der Waals surface area contributed by atoms with Crippen LogP contribution in [0.5, 0.6) is 0 Å². The van der Waals surface area contributed by atoms with Gasteiger partial charge in [0.1, 0.15) is 6.54 Å². The number of nitriles is 1. The van der Waals surface area contributed by atoms with Crippen LogP contribution in [0.15, 0.2) is 36.7 Å². The lowest BCUT2D eigenvalue weighted by atomic mass is 9.78. The third-order valence-electron chi connectivity index (χ3n) is 6.88. The van der Waals surface area contributed by atoms with Crippen molar-refractivity contribution in [2.45, 2.75) is 25.6 Å². The maximum absolute atomic E-state index is 13.3. The molecule has 2 atom stereocenters.